The summed E-state index contributed by atoms with van der Waals surface area (Å²) < 4.78 is 0. The van der Waals surface area contributed by atoms with Crippen LogP contribution < -0.4 is 0 Å². The lowest BCUT2D eigenvalue weighted by Crippen LogP contribution is -2.42. The Balaban J connectivity index is 1.80. The molecule has 0 bridgehead atoms. The normalized spacial score (nSPS) is 62.5. The molecule has 3 aliphatic rings. The van der Waals surface area contributed by atoms with Gasteiger partial charge >= 0.3 is 0 Å². The lowest BCUT2D eigenvalue weighted by atomic mass is 9.58. The van der Waals surface area contributed by atoms with Crippen molar-refractivity contribution in [1.29, 1.82) is 0 Å². The first-order chi connectivity index (χ1) is 5.77. The Morgan fingerprint density at radius 1 is 0.833 bits per heavy atom. The molecule has 0 radical (unpaired) electrons. The van der Waals surface area contributed by atoms with Gasteiger partial charge in [0.05, 0.1) is 0 Å². The zero-order valence-corrected chi connectivity index (χ0v) is 8.29. The average Bonchev–Trinajstić information content (AvgIpc) is 2.47. The van der Waals surface area contributed by atoms with Crippen LogP contribution in [0.4, 0.5) is 0 Å². The molecule has 68 valence electrons. The minimum atomic E-state index is 1.05. The highest BCUT2D eigenvalue weighted by Crippen LogP contribution is 2.64. The van der Waals surface area contributed by atoms with Crippen molar-refractivity contribution in [2.75, 3.05) is 0 Å². The van der Waals surface area contributed by atoms with Gasteiger partial charge in [0, 0.05) is 0 Å². The lowest BCUT2D eigenvalue weighted by molar-refractivity contribution is 0.00785. The van der Waals surface area contributed by atoms with E-state index in [1.54, 1.807) is 19.3 Å². The van der Waals surface area contributed by atoms with Crippen LogP contribution in [0.5, 0.6) is 0 Å². The monoisotopic (exact) mass is 164 g/mol. The van der Waals surface area contributed by atoms with E-state index in [1.807, 2.05) is 0 Å². The van der Waals surface area contributed by atoms with Crippen molar-refractivity contribution in [2.24, 2.45) is 35.5 Å². The molecule has 6 atom stereocenters. The van der Waals surface area contributed by atoms with Gasteiger partial charge in [-0.3, -0.25) is 0 Å². The highest BCUT2D eigenvalue weighted by molar-refractivity contribution is 5.06. The molecule has 0 aliphatic heterocycles. The van der Waals surface area contributed by atoms with Gasteiger partial charge in [-0.15, -0.1) is 0 Å². The van der Waals surface area contributed by atoms with E-state index < -0.39 is 0 Å². The molecule has 0 saturated heterocycles. The number of hydrogen-bond acceptors (Lipinski definition) is 0. The summed E-state index contributed by atoms with van der Waals surface area (Å²) in [7, 11) is 0. The second-order valence-electron chi connectivity index (χ2n) is 5.70. The molecule has 0 amide bonds. The summed E-state index contributed by atoms with van der Waals surface area (Å²) in [5.41, 5.74) is 0. The minimum Gasteiger partial charge on any atom is -0.0625 e. The van der Waals surface area contributed by atoms with Crippen molar-refractivity contribution in [1.82, 2.24) is 0 Å². The summed E-state index contributed by atoms with van der Waals surface area (Å²) >= 11 is 0. The van der Waals surface area contributed by atoms with Gasteiger partial charge < -0.3 is 0 Å². The molecule has 3 fully saturated rings. The predicted molar refractivity (Wildman–Crippen MR) is 50.8 cm³/mol. The van der Waals surface area contributed by atoms with Gasteiger partial charge in [0.1, 0.15) is 0 Å². The van der Waals surface area contributed by atoms with E-state index in [0.29, 0.717) is 0 Å². The fraction of sp³-hybridized carbons (Fsp3) is 1.00. The van der Waals surface area contributed by atoms with Crippen LogP contribution in [-0.4, -0.2) is 0 Å². The Bertz CT molecular complexity index is 196. The smallest absolute Gasteiger partial charge is 0.0326 e. The Hall–Kier alpha value is 0. The summed E-state index contributed by atoms with van der Waals surface area (Å²) in [6, 6.07) is 0. The maximum atomic E-state index is 2.49. The zero-order chi connectivity index (χ0) is 8.29. The van der Waals surface area contributed by atoms with Crippen molar-refractivity contribution in [3.05, 3.63) is 0 Å². The zero-order valence-electron chi connectivity index (χ0n) is 8.29. The average molecular weight is 164 g/mol. The van der Waals surface area contributed by atoms with Crippen LogP contribution in [0.1, 0.15) is 39.5 Å². The van der Waals surface area contributed by atoms with E-state index in [2.05, 4.69) is 13.8 Å². The van der Waals surface area contributed by atoms with E-state index in [-0.39, 0.29) is 0 Å². The topological polar surface area (TPSA) is 0 Å². The number of rotatable bonds is 0. The Kier molecular flexibility index (Phi) is 1.40. The molecule has 0 aromatic carbocycles. The second-order valence-corrected chi connectivity index (χ2v) is 5.70. The van der Waals surface area contributed by atoms with E-state index >= 15 is 0 Å². The first-order valence-corrected chi connectivity index (χ1v) is 5.77. The molecular weight excluding hydrogens is 144 g/mol. The Morgan fingerprint density at radius 2 is 1.58 bits per heavy atom. The van der Waals surface area contributed by atoms with Gasteiger partial charge in [-0.2, -0.15) is 0 Å². The summed E-state index contributed by atoms with van der Waals surface area (Å²) in [5.74, 6) is 6.81. The summed E-state index contributed by atoms with van der Waals surface area (Å²) in [5, 5.41) is 0. The van der Waals surface area contributed by atoms with Crippen LogP contribution in [0, 0.1) is 35.5 Å². The SMILES string of the molecule is CC1CC2C3CCC(C)C3C2C1. The first kappa shape index (κ1) is 7.41. The van der Waals surface area contributed by atoms with Gasteiger partial charge in [0.15, 0.2) is 0 Å². The maximum Gasteiger partial charge on any atom is -0.0326 e. The fourth-order valence-electron chi connectivity index (χ4n) is 4.67. The molecule has 0 N–H and O–H groups in total. The van der Waals surface area contributed by atoms with Gasteiger partial charge in [-0.05, 0) is 54.8 Å². The lowest BCUT2D eigenvalue weighted by Gasteiger charge is -2.47. The van der Waals surface area contributed by atoms with Crippen molar-refractivity contribution in [3.63, 3.8) is 0 Å². The van der Waals surface area contributed by atoms with E-state index in [9.17, 15) is 0 Å². The molecule has 0 spiro atoms. The van der Waals surface area contributed by atoms with Crippen LogP contribution in [0.25, 0.3) is 0 Å². The van der Waals surface area contributed by atoms with Gasteiger partial charge in [0.25, 0.3) is 0 Å². The molecular formula is C12H20. The van der Waals surface area contributed by atoms with Gasteiger partial charge in [-0.25, -0.2) is 0 Å². The highest BCUT2D eigenvalue weighted by atomic mass is 14.6. The third-order valence-corrected chi connectivity index (χ3v) is 5.05. The molecule has 0 aromatic rings. The number of hydrogen-bond donors (Lipinski definition) is 0. The largest absolute Gasteiger partial charge is 0.0625 e. The summed E-state index contributed by atoms with van der Waals surface area (Å²) in [6.07, 6.45) is 6.24. The third kappa shape index (κ3) is 0.744. The van der Waals surface area contributed by atoms with Crippen LogP contribution in [-0.2, 0) is 0 Å². The second kappa shape index (κ2) is 2.27. The molecule has 0 nitrogen and oxygen atoms in total. The standard InChI is InChI=1S/C12H20/c1-7-5-10-9-4-3-8(2)12(9)11(10)6-7/h7-12H,3-6H2,1-2H3. The minimum absolute atomic E-state index is 1.05. The van der Waals surface area contributed by atoms with Crippen LogP contribution in [0.2, 0.25) is 0 Å². The molecule has 12 heavy (non-hydrogen) atoms. The van der Waals surface area contributed by atoms with Gasteiger partial charge in [-0.1, -0.05) is 20.3 Å². The van der Waals surface area contributed by atoms with Crippen LogP contribution >= 0.6 is 0 Å². The van der Waals surface area contributed by atoms with Crippen molar-refractivity contribution in [2.45, 2.75) is 39.5 Å². The van der Waals surface area contributed by atoms with E-state index in [4.69, 9.17) is 0 Å². The molecule has 3 rings (SSSR count). The Morgan fingerprint density at radius 3 is 2.42 bits per heavy atom. The van der Waals surface area contributed by atoms with Crippen molar-refractivity contribution >= 4 is 0 Å². The van der Waals surface area contributed by atoms with E-state index in [0.717, 1.165) is 11.8 Å². The van der Waals surface area contributed by atoms with E-state index in [1.165, 1.54) is 30.1 Å². The van der Waals surface area contributed by atoms with Crippen LogP contribution in [0.3, 0.4) is 0 Å². The first-order valence-electron chi connectivity index (χ1n) is 5.77. The summed E-state index contributed by atoms with van der Waals surface area (Å²) in [4.78, 5) is 0. The van der Waals surface area contributed by atoms with Crippen molar-refractivity contribution in [3.8, 4) is 0 Å². The van der Waals surface area contributed by atoms with Gasteiger partial charge in [0.2, 0.25) is 0 Å². The fourth-order valence-corrected chi connectivity index (χ4v) is 4.67. The summed E-state index contributed by atoms with van der Waals surface area (Å²) in [6.45, 7) is 4.95. The van der Waals surface area contributed by atoms with Crippen LogP contribution in [0.15, 0.2) is 0 Å². The molecule has 3 saturated carbocycles. The molecule has 3 aliphatic carbocycles. The molecule has 0 aromatic heterocycles. The predicted octanol–water partition coefficient (Wildman–Crippen LogP) is 3.32. The van der Waals surface area contributed by atoms with Crippen molar-refractivity contribution < 1.29 is 0 Å². The molecule has 0 heterocycles. The number of fused-ring (bicyclic) bond motifs is 4. The highest BCUT2D eigenvalue weighted by Gasteiger charge is 2.57. The molecule has 6 unspecified atom stereocenters. The Labute approximate surface area is 75.7 Å². The third-order valence-electron chi connectivity index (χ3n) is 5.05. The maximum absolute atomic E-state index is 2.49. The molecule has 0 heteroatoms. The quantitative estimate of drug-likeness (QED) is 0.515.